The second kappa shape index (κ2) is 5.52. The number of piperidine rings is 1. The normalized spacial score (nSPS) is 23.0. The van der Waals surface area contributed by atoms with E-state index in [0.717, 1.165) is 32.4 Å². The van der Waals surface area contributed by atoms with Crippen LogP contribution in [0.15, 0.2) is 18.2 Å². The van der Waals surface area contributed by atoms with Crippen LogP contribution in [-0.2, 0) is 10.2 Å². The van der Waals surface area contributed by atoms with Gasteiger partial charge in [-0.2, -0.15) is 0 Å². The molecule has 3 rings (SSSR count). The number of amides is 1. The predicted octanol–water partition coefficient (Wildman–Crippen LogP) is 3.67. The van der Waals surface area contributed by atoms with Crippen molar-refractivity contribution in [1.82, 2.24) is 4.90 Å². The Balaban J connectivity index is 1.74. The highest BCUT2D eigenvalue weighted by Gasteiger charge is 2.45. The number of carbonyl (C=O) groups excluding carboxylic acids is 1. The number of carbonyl (C=O) groups is 1. The Bertz CT molecular complexity index is 610. The van der Waals surface area contributed by atoms with E-state index in [4.69, 9.17) is 10.5 Å². The Morgan fingerprint density at radius 1 is 1.30 bits per heavy atom. The fraction of sp³-hybridized carbons (Fsp3) is 0.632. The average molecular weight is 316 g/mol. The van der Waals surface area contributed by atoms with Gasteiger partial charge in [0, 0.05) is 24.5 Å². The number of aryl methyl sites for hydroxylation is 1. The third-order valence-electron chi connectivity index (χ3n) is 5.16. The van der Waals surface area contributed by atoms with Crippen molar-refractivity contribution in [3.8, 4) is 0 Å². The summed E-state index contributed by atoms with van der Waals surface area (Å²) >= 11 is 0. The van der Waals surface area contributed by atoms with Gasteiger partial charge >= 0.3 is 6.09 Å². The molecule has 126 valence electrons. The molecule has 1 unspecified atom stereocenters. The quantitative estimate of drug-likeness (QED) is 0.794. The van der Waals surface area contributed by atoms with Crippen molar-refractivity contribution in [2.45, 2.75) is 64.0 Å². The zero-order chi connectivity index (χ0) is 16.8. The van der Waals surface area contributed by atoms with Crippen LogP contribution >= 0.6 is 0 Å². The van der Waals surface area contributed by atoms with Gasteiger partial charge in [0.1, 0.15) is 5.60 Å². The maximum absolute atomic E-state index is 12.3. The maximum atomic E-state index is 12.3. The molecular formula is C19H28N2O2. The van der Waals surface area contributed by atoms with E-state index in [1.54, 1.807) is 0 Å². The molecule has 0 aromatic heterocycles. The summed E-state index contributed by atoms with van der Waals surface area (Å²) in [5.41, 5.74) is 10.1. The number of ether oxygens (including phenoxy) is 1. The molecule has 0 saturated carbocycles. The van der Waals surface area contributed by atoms with E-state index < -0.39 is 5.60 Å². The van der Waals surface area contributed by atoms with Crippen LogP contribution in [-0.4, -0.2) is 29.7 Å². The van der Waals surface area contributed by atoms with Gasteiger partial charge in [0.25, 0.3) is 0 Å². The van der Waals surface area contributed by atoms with Gasteiger partial charge in [0.05, 0.1) is 0 Å². The van der Waals surface area contributed by atoms with Crippen LogP contribution in [0.1, 0.15) is 62.8 Å². The summed E-state index contributed by atoms with van der Waals surface area (Å²) in [6, 6.07) is 6.78. The zero-order valence-corrected chi connectivity index (χ0v) is 14.7. The number of benzene rings is 1. The van der Waals surface area contributed by atoms with Gasteiger partial charge in [0.15, 0.2) is 0 Å². The Morgan fingerprint density at radius 2 is 1.96 bits per heavy atom. The molecule has 4 nitrogen and oxygen atoms in total. The molecule has 1 aromatic rings. The summed E-state index contributed by atoms with van der Waals surface area (Å²) in [7, 11) is 0. The van der Waals surface area contributed by atoms with E-state index in [0.29, 0.717) is 0 Å². The number of rotatable bonds is 0. The molecular weight excluding hydrogens is 288 g/mol. The third-order valence-corrected chi connectivity index (χ3v) is 5.16. The minimum Gasteiger partial charge on any atom is -0.444 e. The lowest BCUT2D eigenvalue weighted by molar-refractivity contribution is 0.0162. The summed E-state index contributed by atoms with van der Waals surface area (Å²) in [5.74, 6) is 0. The molecule has 1 atom stereocenters. The van der Waals surface area contributed by atoms with E-state index >= 15 is 0 Å². The van der Waals surface area contributed by atoms with Crippen molar-refractivity contribution < 1.29 is 9.53 Å². The first-order valence-electron chi connectivity index (χ1n) is 8.55. The lowest BCUT2D eigenvalue weighted by Gasteiger charge is -2.40. The predicted molar refractivity (Wildman–Crippen MR) is 91.4 cm³/mol. The molecule has 1 spiro atoms. The van der Waals surface area contributed by atoms with Crippen LogP contribution in [0.2, 0.25) is 0 Å². The Kier molecular flexibility index (Phi) is 3.91. The van der Waals surface area contributed by atoms with Gasteiger partial charge in [0.2, 0.25) is 0 Å². The van der Waals surface area contributed by atoms with Crippen LogP contribution in [0.3, 0.4) is 0 Å². The van der Waals surface area contributed by atoms with E-state index in [1.807, 2.05) is 25.7 Å². The van der Waals surface area contributed by atoms with Crippen molar-refractivity contribution in [3.05, 3.63) is 34.9 Å². The lowest BCUT2D eigenvalue weighted by Crippen LogP contribution is -2.46. The summed E-state index contributed by atoms with van der Waals surface area (Å²) in [6.07, 6.45) is 2.73. The number of likely N-dealkylation sites (tertiary alicyclic amines) is 1. The standard InChI is InChI=1S/C19H28N2O2/c1-13-5-6-15-14(11-13)16(20)12-19(15)7-9-21(10-8-19)17(22)23-18(2,3)4/h5-6,11,16H,7-10,12,20H2,1-4H3. The van der Waals surface area contributed by atoms with Gasteiger partial charge in [-0.25, -0.2) is 4.79 Å². The minimum absolute atomic E-state index is 0.123. The molecule has 4 heteroatoms. The molecule has 1 aliphatic heterocycles. The minimum atomic E-state index is -0.438. The van der Waals surface area contributed by atoms with E-state index in [-0.39, 0.29) is 17.6 Å². The van der Waals surface area contributed by atoms with E-state index in [9.17, 15) is 4.79 Å². The molecule has 0 radical (unpaired) electrons. The number of nitrogens with zero attached hydrogens (tertiary/aromatic N) is 1. The van der Waals surface area contributed by atoms with Gasteiger partial charge in [-0.1, -0.05) is 23.8 Å². The van der Waals surface area contributed by atoms with Gasteiger partial charge in [-0.3, -0.25) is 0 Å². The zero-order valence-electron chi connectivity index (χ0n) is 14.7. The topological polar surface area (TPSA) is 55.6 Å². The van der Waals surface area contributed by atoms with Crippen molar-refractivity contribution in [3.63, 3.8) is 0 Å². The summed E-state index contributed by atoms with van der Waals surface area (Å²) in [6.45, 7) is 9.33. The number of hydrogen-bond donors (Lipinski definition) is 1. The molecule has 1 fully saturated rings. The van der Waals surface area contributed by atoms with Gasteiger partial charge < -0.3 is 15.4 Å². The average Bonchev–Trinajstić information content (AvgIpc) is 2.70. The van der Waals surface area contributed by atoms with Crippen LogP contribution in [0.4, 0.5) is 4.79 Å². The first kappa shape index (κ1) is 16.3. The fourth-order valence-electron chi connectivity index (χ4n) is 4.03. The Morgan fingerprint density at radius 3 is 2.57 bits per heavy atom. The summed E-state index contributed by atoms with van der Waals surface area (Å²) in [5, 5.41) is 0. The van der Waals surface area contributed by atoms with Crippen LogP contribution in [0.5, 0.6) is 0 Å². The van der Waals surface area contributed by atoms with Gasteiger partial charge in [-0.15, -0.1) is 0 Å². The number of nitrogens with two attached hydrogens (primary N) is 1. The lowest BCUT2D eigenvalue weighted by atomic mass is 9.73. The molecule has 1 aromatic carbocycles. The molecule has 1 saturated heterocycles. The van der Waals surface area contributed by atoms with Gasteiger partial charge in [-0.05, 0) is 58.1 Å². The van der Waals surface area contributed by atoms with E-state index in [2.05, 4.69) is 25.1 Å². The third kappa shape index (κ3) is 3.09. The highest BCUT2D eigenvalue weighted by molar-refractivity contribution is 5.68. The first-order valence-corrected chi connectivity index (χ1v) is 8.55. The van der Waals surface area contributed by atoms with Crippen LogP contribution in [0, 0.1) is 6.92 Å². The van der Waals surface area contributed by atoms with E-state index in [1.165, 1.54) is 16.7 Å². The SMILES string of the molecule is Cc1ccc2c(c1)C(N)CC21CCN(C(=O)OC(C)(C)C)CC1. The van der Waals surface area contributed by atoms with Crippen molar-refractivity contribution >= 4 is 6.09 Å². The molecule has 1 aliphatic carbocycles. The fourth-order valence-corrected chi connectivity index (χ4v) is 4.03. The number of hydrogen-bond acceptors (Lipinski definition) is 3. The summed E-state index contributed by atoms with van der Waals surface area (Å²) < 4.78 is 5.50. The smallest absolute Gasteiger partial charge is 0.410 e. The number of fused-ring (bicyclic) bond motifs is 2. The maximum Gasteiger partial charge on any atom is 0.410 e. The second-order valence-corrected chi connectivity index (χ2v) is 8.15. The van der Waals surface area contributed by atoms with Crippen LogP contribution in [0.25, 0.3) is 0 Å². The summed E-state index contributed by atoms with van der Waals surface area (Å²) in [4.78, 5) is 14.1. The molecule has 23 heavy (non-hydrogen) atoms. The van der Waals surface area contributed by atoms with Crippen molar-refractivity contribution in [1.29, 1.82) is 0 Å². The highest BCUT2D eigenvalue weighted by Crippen LogP contribution is 2.50. The Hall–Kier alpha value is -1.55. The monoisotopic (exact) mass is 316 g/mol. The molecule has 1 amide bonds. The molecule has 0 bridgehead atoms. The molecule has 2 N–H and O–H groups in total. The largest absolute Gasteiger partial charge is 0.444 e. The van der Waals surface area contributed by atoms with Crippen LogP contribution < -0.4 is 5.73 Å². The molecule has 2 aliphatic rings. The van der Waals surface area contributed by atoms with Crippen molar-refractivity contribution in [2.24, 2.45) is 5.73 Å². The van der Waals surface area contributed by atoms with Crippen molar-refractivity contribution in [2.75, 3.05) is 13.1 Å². The highest BCUT2D eigenvalue weighted by atomic mass is 16.6. The first-order chi connectivity index (χ1) is 10.7. The Labute approximate surface area is 139 Å². The second-order valence-electron chi connectivity index (χ2n) is 8.15. The molecule has 1 heterocycles.